The zero-order chi connectivity index (χ0) is 26.1. The smallest absolute Gasteiger partial charge is 0.322 e. The summed E-state index contributed by atoms with van der Waals surface area (Å²) in [5, 5.41) is 10.2. The van der Waals surface area contributed by atoms with Crippen LogP contribution in [0.4, 0.5) is 6.01 Å². The van der Waals surface area contributed by atoms with E-state index in [1.165, 1.54) is 66.9 Å². The van der Waals surface area contributed by atoms with E-state index in [1.807, 2.05) is 0 Å². The molecule has 1 N–H and O–H groups in total. The monoisotopic (exact) mass is 533 g/mol. The molecule has 2 heterocycles. The van der Waals surface area contributed by atoms with Crippen molar-refractivity contribution in [2.24, 2.45) is 5.92 Å². The first-order valence-electron chi connectivity index (χ1n) is 11.3. The Morgan fingerprint density at radius 1 is 0.944 bits per heavy atom. The molecule has 1 amide bonds. The Morgan fingerprint density at radius 3 is 2.11 bits per heavy atom. The van der Waals surface area contributed by atoms with E-state index < -0.39 is 26.0 Å². The minimum atomic E-state index is -3.61. The van der Waals surface area contributed by atoms with Crippen LogP contribution in [0.5, 0.6) is 0 Å². The fraction of sp³-hybridized carbons (Fsp3) is 0.348. The van der Waals surface area contributed by atoms with Gasteiger partial charge < -0.3 is 4.42 Å². The number of nitrogens with zero attached hydrogens (tertiary/aromatic N) is 4. The van der Waals surface area contributed by atoms with Gasteiger partial charge in [0.15, 0.2) is 0 Å². The molecule has 192 valence electrons. The van der Waals surface area contributed by atoms with Gasteiger partial charge >= 0.3 is 6.01 Å². The molecule has 11 nitrogen and oxygen atoms in total. The van der Waals surface area contributed by atoms with E-state index in [0.29, 0.717) is 24.6 Å². The van der Waals surface area contributed by atoms with Gasteiger partial charge in [0.05, 0.1) is 9.79 Å². The second-order valence-electron chi connectivity index (χ2n) is 8.79. The lowest BCUT2D eigenvalue weighted by molar-refractivity contribution is 0.102. The van der Waals surface area contributed by atoms with Crippen molar-refractivity contribution in [1.82, 2.24) is 18.8 Å². The van der Waals surface area contributed by atoms with Crippen molar-refractivity contribution < 1.29 is 26.0 Å². The Bertz CT molecular complexity index is 1440. The largest absolute Gasteiger partial charge is 0.403 e. The summed E-state index contributed by atoms with van der Waals surface area (Å²) in [6, 6.07) is 11.4. The van der Waals surface area contributed by atoms with Crippen molar-refractivity contribution in [3.05, 3.63) is 54.1 Å². The highest BCUT2D eigenvalue weighted by Crippen LogP contribution is 2.25. The summed E-state index contributed by atoms with van der Waals surface area (Å²) in [5.41, 5.74) is 0.696. The maximum Gasteiger partial charge on any atom is 0.322 e. The molecule has 1 aliphatic heterocycles. The molecule has 1 aliphatic rings. The van der Waals surface area contributed by atoms with Crippen molar-refractivity contribution in [3.8, 4) is 11.5 Å². The third-order valence-corrected chi connectivity index (χ3v) is 9.76. The van der Waals surface area contributed by atoms with Crippen molar-refractivity contribution in [3.63, 3.8) is 0 Å². The van der Waals surface area contributed by atoms with Crippen LogP contribution in [0.15, 0.2) is 62.7 Å². The van der Waals surface area contributed by atoms with Gasteiger partial charge in [0, 0.05) is 38.3 Å². The first kappa shape index (κ1) is 25.9. The molecular weight excluding hydrogens is 506 g/mol. The van der Waals surface area contributed by atoms with Crippen molar-refractivity contribution in [2.75, 3.05) is 32.5 Å². The Hall–Kier alpha value is -3.13. The average Bonchev–Trinajstić information content (AvgIpc) is 3.33. The maximum atomic E-state index is 12.9. The van der Waals surface area contributed by atoms with E-state index in [9.17, 15) is 21.6 Å². The molecule has 1 fully saturated rings. The summed E-state index contributed by atoms with van der Waals surface area (Å²) in [6.45, 7) is 3.08. The molecule has 0 spiro atoms. The molecule has 0 unspecified atom stereocenters. The second kappa shape index (κ2) is 10.1. The number of anilines is 1. The Balaban J connectivity index is 1.43. The van der Waals surface area contributed by atoms with E-state index in [-0.39, 0.29) is 27.3 Å². The van der Waals surface area contributed by atoms with E-state index >= 15 is 0 Å². The Kier molecular flexibility index (Phi) is 7.27. The number of piperidine rings is 1. The molecule has 0 bridgehead atoms. The van der Waals surface area contributed by atoms with Crippen LogP contribution in [-0.4, -0.2) is 68.7 Å². The lowest BCUT2D eigenvalue weighted by Crippen LogP contribution is -2.37. The van der Waals surface area contributed by atoms with Gasteiger partial charge in [-0.3, -0.25) is 10.1 Å². The number of nitrogens with one attached hydrogen (secondary N) is 1. The molecule has 0 radical (unpaired) electrons. The fourth-order valence-corrected chi connectivity index (χ4v) is 6.06. The Morgan fingerprint density at radius 2 is 1.53 bits per heavy atom. The van der Waals surface area contributed by atoms with Crippen LogP contribution in [0.1, 0.15) is 30.1 Å². The van der Waals surface area contributed by atoms with Gasteiger partial charge in [-0.25, -0.2) is 21.1 Å². The summed E-state index contributed by atoms with van der Waals surface area (Å²) < 4.78 is 58.2. The number of benzene rings is 2. The molecule has 4 rings (SSSR count). The minimum absolute atomic E-state index is 0.0939. The van der Waals surface area contributed by atoms with Crippen LogP contribution < -0.4 is 5.32 Å². The molecule has 0 aliphatic carbocycles. The molecule has 2 aromatic carbocycles. The van der Waals surface area contributed by atoms with Gasteiger partial charge in [0.2, 0.25) is 25.9 Å². The molecule has 0 saturated carbocycles. The molecular formula is C23H27N5O6S2. The average molecular weight is 534 g/mol. The fourth-order valence-electron chi connectivity index (χ4n) is 3.69. The first-order valence-corrected chi connectivity index (χ1v) is 14.1. The highest BCUT2D eigenvalue weighted by Gasteiger charge is 2.28. The van der Waals surface area contributed by atoms with Gasteiger partial charge in [0.1, 0.15) is 0 Å². The summed E-state index contributed by atoms with van der Waals surface area (Å²) in [6.07, 6.45) is 1.65. The van der Waals surface area contributed by atoms with Crippen LogP contribution >= 0.6 is 0 Å². The minimum Gasteiger partial charge on any atom is -0.403 e. The molecule has 1 saturated heterocycles. The number of aromatic nitrogens is 2. The van der Waals surface area contributed by atoms with Gasteiger partial charge in [-0.15, -0.1) is 5.10 Å². The van der Waals surface area contributed by atoms with E-state index in [2.05, 4.69) is 22.4 Å². The summed E-state index contributed by atoms with van der Waals surface area (Å²) in [7, 11) is -4.30. The van der Waals surface area contributed by atoms with Gasteiger partial charge in [-0.2, -0.15) is 4.31 Å². The first-order chi connectivity index (χ1) is 17.0. The Labute approximate surface area is 210 Å². The van der Waals surface area contributed by atoms with Gasteiger partial charge in [-0.05, 0) is 67.3 Å². The van der Waals surface area contributed by atoms with Gasteiger partial charge in [0.25, 0.3) is 5.91 Å². The zero-order valence-electron chi connectivity index (χ0n) is 20.1. The number of hydrogen-bond donors (Lipinski definition) is 1. The number of carbonyl (C=O) groups is 1. The molecule has 0 atom stereocenters. The molecule has 13 heteroatoms. The normalized spacial score (nSPS) is 15.8. The quantitative estimate of drug-likeness (QED) is 0.488. The van der Waals surface area contributed by atoms with E-state index in [0.717, 1.165) is 17.1 Å². The number of sulfonamides is 2. The van der Waals surface area contributed by atoms with Crippen molar-refractivity contribution >= 4 is 32.0 Å². The number of rotatable bonds is 7. The predicted molar refractivity (Wildman–Crippen MR) is 132 cm³/mol. The molecule has 36 heavy (non-hydrogen) atoms. The van der Waals surface area contributed by atoms with E-state index in [1.54, 1.807) is 0 Å². The van der Waals surface area contributed by atoms with Gasteiger partial charge in [-0.1, -0.05) is 12.0 Å². The summed E-state index contributed by atoms with van der Waals surface area (Å²) in [5.74, 6) is 0.0519. The third kappa shape index (κ3) is 5.33. The molecule has 1 aromatic heterocycles. The van der Waals surface area contributed by atoms with Crippen LogP contribution in [0, 0.1) is 5.92 Å². The van der Waals surface area contributed by atoms with Crippen LogP contribution in [-0.2, 0) is 20.0 Å². The zero-order valence-corrected chi connectivity index (χ0v) is 21.7. The van der Waals surface area contributed by atoms with Crippen molar-refractivity contribution in [1.29, 1.82) is 0 Å². The number of carbonyl (C=O) groups excluding carboxylic acids is 1. The SMILES string of the molecule is CC1CCN(S(=O)(=O)c2ccc(C(=O)Nc3nnc(-c4ccc(S(=O)(=O)N(C)C)cc4)o3)cc2)CC1. The highest BCUT2D eigenvalue weighted by atomic mass is 32.2. The van der Waals surface area contributed by atoms with Crippen LogP contribution in [0.3, 0.4) is 0 Å². The number of amides is 1. The number of hydrogen-bond acceptors (Lipinski definition) is 8. The topological polar surface area (TPSA) is 143 Å². The van der Waals surface area contributed by atoms with Crippen LogP contribution in [0.2, 0.25) is 0 Å². The summed E-state index contributed by atoms with van der Waals surface area (Å²) in [4.78, 5) is 12.9. The highest BCUT2D eigenvalue weighted by molar-refractivity contribution is 7.89. The van der Waals surface area contributed by atoms with E-state index in [4.69, 9.17) is 4.42 Å². The third-order valence-electron chi connectivity index (χ3n) is 6.02. The molecule has 3 aromatic rings. The second-order valence-corrected chi connectivity index (χ2v) is 12.9. The van der Waals surface area contributed by atoms with Crippen LogP contribution in [0.25, 0.3) is 11.5 Å². The lowest BCUT2D eigenvalue weighted by Gasteiger charge is -2.29. The lowest BCUT2D eigenvalue weighted by atomic mass is 10.0. The standard InChI is InChI=1S/C23H27N5O6S2/c1-16-12-14-28(15-13-16)36(32,33)20-8-4-17(5-9-20)21(29)24-23-26-25-22(34-23)18-6-10-19(11-7-18)35(30,31)27(2)3/h4-11,16H,12-15H2,1-3H3,(H,24,26,29). The summed E-state index contributed by atoms with van der Waals surface area (Å²) >= 11 is 0. The maximum absolute atomic E-state index is 12.9. The predicted octanol–water partition coefficient (Wildman–Crippen LogP) is 2.66. The van der Waals surface area contributed by atoms with Crippen molar-refractivity contribution in [2.45, 2.75) is 29.6 Å².